The molecular weight excluding hydrogens is 398 g/mol. The largest absolute Gasteiger partial charge is 0.489 e. The van der Waals surface area contributed by atoms with Gasteiger partial charge in [-0.15, -0.1) is 0 Å². The van der Waals surface area contributed by atoms with Gasteiger partial charge < -0.3 is 19.9 Å². The van der Waals surface area contributed by atoms with E-state index in [-0.39, 0.29) is 35.9 Å². The Morgan fingerprint density at radius 2 is 1.61 bits per heavy atom. The summed E-state index contributed by atoms with van der Waals surface area (Å²) in [5, 5.41) is 12.1. The first-order chi connectivity index (χ1) is 14.9. The molecule has 0 saturated carbocycles. The lowest BCUT2D eigenvalue weighted by Crippen LogP contribution is -2.26. The minimum atomic E-state index is -0.862. The van der Waals surface area contributed by atoms with Gasteiger partial charge in [-0.2, -0.15) is 0 Å². The van der Waals surface area contributed by atoms with Crippen LogP contribution in [0.15, 0.2) is 46.9 Å². The van der Waals surface area contributed by atoms with Gasteiger partial charge in [-0.05, 0) is 50.4 Å². The van der Waals surface area contributed by atoms with E-state index in [0.29, 0.717) is 17.6 Å². The molecule has 1 aromatic carbocycles. The zero-order valence-corrected chi connectivity index (χ0v) is 18.5. The highest BCUT2D eigenvalue weighted by Gasteiger charge is 2.34. The van der Waals surface area contributed by atoms with Crippen LogP contribution in [-0.4, -0.2) is 50.0 Å². The highest BCUT2D eigenvalue weighted by atomic mass is 16.5. The predicted octanol–water partition coefficient (Wildman–Crippen LogP) is 2.98. The van der Waals surface area contributed by atoms with Crippen LogP contribution in [0.3, 0.4) is 0 Å². The van der Waals surface area contributed by atoms with Crippen molar-refractivity contribution in [1.82, 2.24) is 5.32 Å². The van der Waals surface area contributed by atoms with Gasteiger partial charge in [0.25, 0.3) is 0 Å². The summed E-state index contributed by atoms with van der Waals surface area (Å²) >= 11 is 0. The lowest BCUT2D eigenvalue weighted by Gasteiger charge is -2.20. The first kappa shape index (κ1) is 24.3. The third kappa shape index (κ3) is 6.79. The number of ether oxygens (including phenoxy) is 2. The summed E-state index contributed by atoms with van der Waals surface area (Å²) in [6.45, 7) is 4.09. The number of nitrogens with one attached hydrogen (secondary N) is 1. The summed E-state index contributed by atoms with van der Waals surface area (Å²) in [5.41, 5.74) is 2.39. The van der Waals surface area contributed by atoms with Crippen molar-refractivity contribution in [2.45, 2.75) is 45.4 Å². The molecule has 0 atom stereocenters. The Hall–Kier alpha value is -2.93. The van der Waals surface area contributed by atoms with Gasteiger partial charge in [0.1, 0.15) is 0 Å². The van der Waals surface area contributed by atoms with Crippen LogP contribution >= 0.6 is 0 Å². The standard InChI is InChI=1S/C19H20O6.C5H11N/c1-11-14(17(23)19(25-3)18(24-2)16(11)22)10-13-6-4-5-12(9-13)7-8-15(20)21;1-2-4-6-5-3-1/h4-6,9H,7-8,10H2,1-3H3,(H,20,21);6H,1-5H2. The van der Waals surface area contributed by atoms with Gasteiger partial charge in [0.15, 0.2) is 0 Å². The van der Waals surface area contributed by atoms with E-state index in [1.54, 1.807) is 6.92 Å². The predicted molar refractivity (Wildman–Crippen MR) is 117 cm³/mol. The summed E-state index contributed by atoms with van der Waals surface area (Å²) in [6.07, 6.45) is 4.93. The smallest absolute Gasteiger partial charge is 0.303 e. The number of hydrogen-bond donors (Lipinski definition) is 2. The number of carboxylic acids is 1. The molecule has 0 radical (unpaired) electrons. The van der Waals surface area contributed by atoms with E-state index < -0.39 is 5.97 Å². The number of Topliss-reactive ketones (excluding diaryl/α,β-unsaturated/α-hetero) is 2. The van der Waals surface area contributed by atoms with Crippen molar-refractivity contribution in [2.75, 3.05) is 27.3 Å². The van der Waals surface area contributed by atoms with Crippen molar-refractivity contribution in [1.29, 1.82) is 0 Å². The molecule has 1 fully saturated rings. The van der Waals surface area contributed by atoms with Crippen LogP contribution in [0.25, 0.3) is 0 Å². The molecule has 1 heterocycles. The number of aliphatic carboxylic acids is 1. The minimum Gasteiger partial charge on any atom is -0.489 e. The van der Waals surface area contributed by atoms with Crippen LogP contribution in [-0.2, 0) is 36.7 Å². The van der Waals surface area contributed by atoms with Crippen molar-refractivity contribution in [2.24, 2.45) is 0 Å². The molecule has 1 saturated heterocycles. The zero-order valence-electron chi connectivity index (χ0n) is 18.5. The second-order valence-electron chi connectivity index (χ2n) is 7.53. The molecule has 2 N–H and O–H groups in total. The molecule has 1 aromatic rings. The highest BCUT2D eigenvalue weighted by Crippen LogP contribution is 2.28. The molecule has 168 valence electrons. The first-order valence-electron chi connectivity index (χ1n) is 10.5. The first-order valence-corrected chi connectivity index (χ1v) is 10.5. The normalized spacial score (nSPS) is 16.6. The molecule has 1 aliphatic carbocycles. The fourth-order valence-corrected chi connectivity index (χ4v) is 3.56. The van der Waals surface area contributed by atoms with Crippen LogP contribution in [0, 0.1) is 0 Å². The van der Waals surface area contributed by atoms with Crippen molar-refractivity contribution in [3.63, 3.8) is 0 Å². The minimum absolute atomic E-state index is 0.0380. The fraction of sp³-hybridized carbons (Fsp3) is 0.458. The van der Waals surface area contributed by atoms with Crippen LogP contribution < -0.4 is 5.32 Å². The number of aryl methyl sites for hydroxylation is 1. The number of piperidine rings is 1. The third-order valence-electron chi connectivity index (χ3n) is 5.30. The Kier molecular flexibility index (Phi) is 9.46. The molecule has 31 heavy (non-hydrogen) atoms. The Labute approximate surface area is 183 Å². The molecule has 0 amide bonds. The van der Waals surface area contributed by atoms with Crippen molar-refractivity contribution in [3.05, 3.63) is 58.1 Å². The lowest BCUT2D eigenvalue weighted by molar-refractivity contribution is -0.137. The van der Waals surface area contributed by atoms with Gasteiger partial charge >= 0.3 is 5.97 Å². The van der Waals surface area contributed by atoms with Crippen LogP contribution in [0.5, 0.6) is 0 Å². The van der Waals surface area contributed by atoms with Crippen molar-refractivity contribution >= 4 is 17.5 Å². The number of methoxy groups -OCH3 is 2. The van der Waals surface area contributed by atoms with Crippen molar-refractivity contribution < 1.29 is 29.0 Å². The van der Waals surface area contributed by atoms with Crippen LogP contribution in [0.1, 0.15) is 43.7 Å². The Bertz CT molecular complexity index is 868. The molecule has 7 nitrogen and oxygen atoms in total. The quantitative estimate of drug-likeness (QED) is 0.643. The summed E-state index contributed by atoms with van der Waals surface area (Å²) < 4.78 is 10.1. The molecule has 0 spiro atoms. The summed E-state index contributed by atoms with van der Waals surface area (Å²) in [7, 11) is 2.65. The summed E-state index contributed by atoms with van der Waals surface area (Å²) in [6, 6.07) is 7.34. The maximum absolute atomic E-state index is 12.6. The topological polar surface area (TPSA) is 102 Å². The number of benzene rings is 1. The monoisotopic (exact) mass is 429 g/mol. The number of carboxylic acid groups (broad SMARTS) is 1. The van der Waals surface area contributed by atoms with Gasteiger partial charge in [-0.3, -0.25) is 14.4 Å². The molecule has 3 rings (SSSR count). The molecule has 0 unspecified atom stereocenters. The van der Waals surface area contributed by atoms with E-state index in [1.165, 1.54) is 46.6 Å². The molecule has 0 aromatic heterocycles. The van der Waals surface area contributed by atoms with E-state index >= 15 is 0 Å². The zero-order chi connectivity index (χ0) is 22.8. The number of carbonyl (C=O) groups is 3. The van der Waals surface area contributed by atoms with Gasteiger partial charge in [0.2, 0.25) is 23.1 Å². The lowest BCUT2D eigenvalue weighted by atomic mass is 9.88. The average molecular weight is 430 g/mol. The van der Waals surface area contributed by atoms with E-state index in [0.717, 1.165) is 11.1 Å². The Morgan fingerprint density at radius 1 is 1.00 bits per heavy atom. The van der Waals surface area contributed by atoms with E-state index in [2.05, 4.69) is 5.32 Å². The second kappa shape index (κ2) is 12.1. The molecular formula is C24H31NO6. The maximum Gasteiger partial charge on any atom is 0.303 e. The fourth-order valence-electron chi connectivity index (χ4n) is 3.56. The van der Waals surface area contributed by atoms with Crippen LogP contribution in [0.2, 0.25) is 0 Å². The van der Waals surface area contributed by atoms with E-state index in [4.69, 9.17) is 14.6 Å². The Balaban J connectivity index is 0.000000488. The molecule has 7 heteroatoms. The van der Waals surface area contributed by atoms with Gasteiger partial charge in [-0.1, -0.05) is 30.7 Å². The number of rotatable bonds is 7. The number of hydrogen-bond acceptors (Lipinski definition) is 6. The van der Waals surface area contributed by atoms with Gasteiger partial charge in [0.05, 0.1) is 14.2 Å². The molecule has 0 bridgehead atoms. The van der Waals surface area contributed by atoms with E-state index in [9.17, 15) is 14.4 Å². The third-order valence-corrected chi connectivity index (χ3v) is 5.30. The SMILES string of the molecule is C1CCNCC1.COC1=C(OC)C(=O)C(Cc2cccc(CCC(=O)O)c2)=C(C)C1=O. The average Bonchev–Trinajstić information content (AvgIpc) is 2.79. The second-order valence-corrected chi connectivity index (χ2v) is 7.53. The van der Waals surface area contributed by atoms with Gasteiger partial charge in [-0.25, -0.2) is 0 Å². The molecule has 2 aliphatic rings. The number of allylic oxidation sites excluding steroid dienone is 2. The van der Waals surface area contributed by atoms with Gasteiger partial charge in [0, 0.05) is 24.0 Å². The summed E-state index contributed by atoms with van der Waals surface area (Å²) in [5.74, 6) is -1.76. The van der Waals surface area contributed by atoms with Crippen LogP contribution in [0.4, 0.5) is 0 Å². The highest BCUT2D eigenvalue weighted by molar-refractivity contribution is 6.23. The van der Waals surface area contributed by atoms with E-state index in [1.807, 2.05) is 24.3 Å². The molecule has 1 aliphatic heterocycles. The number of carbonyl (C=O) groups excluding carboxylic acids is 2. The van der Waals surface area contributed by atoms with Crippen molar-refractivity contribution in [3.8, 4) is 0 Å². The Morgan fingerprint density at radius 3 is 2.13 bits per heavy atom. The number of ketones is 2. The summed E-state index contributed by atoms with van der Waals surface area (Å²) in [4.78, 5) is 35.7. The maximum atomic E-state index is 12.6.